The van der Waals surface area contributed by atoms with Crippen molar-refractivity contribution >= 4 is 28.5 Å². The van der Waals surface area contributed by atoms with Crippen molar-refractivity contribution in [1.82, 2.24) is 15.1 Å². The monoisotopic (exact) mass is 258 g/mol. The van der Waals surface area contributed by atoms with Gasteiger partial charge in [-0.1, -0.05) is 6.07 Å². The number of amides is 2. The molecule has 1 atom stereocenters. The first-order valence-electron chi connectivity index (χ1n) is 6.12. The number of nitrogen functional groups attached to an aromatic ring is 1. The number of fused-ring (bicyclic) bond motifs is 1. The Labute approximate surface area is 109 Å². The molecule has 2 amide bonds. The lowest BCUT2D eigenvalue weighted by molar-refractivity contribution is -0.134. The van der Waals surface area contributed by atoms with Crippen molar-refractivity contribution in [3.8, 4) is 0 Å². The van der Waals surface area contributed by atoms with E-state index in [1.54, 1.807) is 11.7 Å². The minimum absolute atomic E-state index is 0.204. The Morgan fingerprint density at radius 3 is 2.95 bits per heavy atom. The molecule has 3 rings (SSSR count). The number of piperidine rings is 1. The normalized spacial score (nSPS) is 19.7. The summed E-state index contributed by atoms with van der Waals surface area (Å²) in [6.07, 6.45) is 0.914. The van der Waals surface area contributed by atoms with E-state index in [0.29, 0.717) is 18.7 Å². The zero-order valence-electron chi connectivity index (χ0n) is 10.5. The van der Waals surface area contributed by atoms with E-state index in [2.05, 4.69) is 10.4 Å². The molecule has 1 aromatic heterocycles. The van der Waals surface area contributed by atoms with Crippen molar-refractivity contribution in [2.75, 3.05) is 5.73 Å². The summed E-state index contributed by atoms with van der Waals surface area (Å²) in [4.78, 5) is 23.0. The van der Waals surface area contributed by atoms with Crippen LogP contribution in [0.5, 0.6) is 0 Å². The van der Waals surface area contributed by atoms with Gasteiger partial charge >= 0.3 is 0 Å². The van der Waals surface area contributed by atoms with Gasteiger partial charge in [0.2, 0.25) is 11.8 Å². The number of nitrogens with two attached hydrogens (primary N) is 1. The molecule has 0 aliphatic carbocycles. The number of nitrogens with zero attached hydrogens (tertiary/aromatic N) is 2. The summed E-state index contributed by atoms with van der Waals surface area (Å²) < 4.78 is 1.61. The van der Waals surface area contributed by atoms with Crippen molar-refractivity contribution in [1.29, 1.82) is 0 Å². The average Bonchev–Trinajstić information content (AvgIpc) is 2.64. The molecule has 6 nitrogen and oxygen atoms in total. The van der Waals surface area contributed by atoms with Gasteiger partial charge in [-0.15, -0.1) is 0 Å². The molecule has 0 bridgehead atoms. The van der Waals surface area contributed by atoms with Crippen LogP contribution in [0.1, 0.15) is 24.3 Å². The third kappa shape index (κ3) is 1.85. The highest BCUT2D eigenvalue weighted by molar-refractivity contribution is 6.01. The van der Waals surface area contributed by atoms with Crippen LogP contribution in [-0.4, -0.2) is 21.6 Å². The van der Waals surface area contributed by atoms with Gasteiger partial charge in [-0.3, -0.25) is 19.6 Å². The topological polar surface area (TPSA) is 90.0 Å². The summed E-state index contributed by atoms with van der Waals surface area (Å²) in [5.41, 5.74) is 7.53. The number of rotatable bonds is 1. The van der Waals surface area contributed by atoms with Crippen LogP contribution in [0.15, 0.2) is 18.2 Å². The Morgan fingerprint density at radius 2 is 2.21 bits per heavy atom. The van der Waals surface area contributed by atoms with Gasteiger partial charge in [-0.25, -0.2) is 0 Å². The third-order valence-corrected chi connectivity index (χ3v) is 3.55. The van der Waals surface area contributed by atoms with Gasteiger partial charge in [-0.2, -0.15) is 5.10 Å². The van der Waals surface area contributed by atoms with Crippen LogP contribution in [0.25, 0.3) is 10.9 Å². The van der Waals surface area contributed by atoms with Gasteiger partial charge in [0.25, 0.3) is 0 Å². The van der Waals surface area contributed by atoms with E-state index in [1.165, 1.54) is 0 Å². The van der Waals surface area contributed by atoms with Crippen LogP contribution >= 0.6 is 0 Å². The van der Waals surface area contributed by atoms with Gasteiger partial charge < -0.3 is 5.73 Å². The number of aryl methyl sites for hydroxylation is 1. The van der Waals surface area contributed by atoms with Gasteiger partial charge in [0.15, 0.2) is 0 Å². The molecule has 1 aromatic carbocycles. The maximum atomic E-state index is 11.8. The molecule has 98 valence electrons. The second kappa shape index (κ2) is 4.08. The molecule has 1 aliphatic heterocycles. The highest BCUT2D eigenvalue weighted by Gasteiger charge is 2.28. The number of carbonyl (C=O) groups excluding carboxylic acids is 2. The first-order valence-corrected chi connectivity index (χ1v) is 6.12. The summed E-state index contributed by atoms with van der Waals surface area (Å²) in [7, 11) is 1.78. The van der Waals surface area contributed by atoms with E-state index >= 15 is 0 Å². The fourth-order valence-electron chi connectivity index (χ4n) is 2.47. The van der Waals surface area contributed by atoms with E-state index in [9.17, 15) is 9.59 Å². The Bertz CT molecular complexity index is 689. The molecule has 3 N–H and O–H groups in total. The van der Waals surface area contributed by atoms with Crippen molar-refractivity contribution in [3.63, 3.8) is 0 Å². The first-order chi connectivity index (χ1) is 9.06. The molecule has 0 spiro atoms. The molecule has 19 heavy (non-hydrogen) atoms. The maximum absolute atomic E-state index is 11.8. The van der Waals surface area contributed by atoms with Crippen molar-refractivity contribution in [3.05, 3.63) is 23.8 Å². The molecule has 2 heterocycles. The van der Waals surface area contributed by atoms with Gasteiger partial charge in [0, 0.05) is 18.9 Å². The maximum Gasteiger partial charge on any atom is 0.234 e. The average molecular weight is 258 g/mol. The number of hydrogen-bond acceptors (Lipinski definition) is 4. The molecule has 1 unspecified atom stereocenters. The predicted molar refractivity (Wildman–Crippen MR) is 70.3 cm³/mol. The Kier molecular flexibility index (Phi) is 2.51. The van der Waals surface area contributed by atoms with Crippen LogP contribution in [0.4, 0.5) is 5.82 Å². The molecule has 6 heteroatoms. The molecule has 1 saturated heterocycles. The Morgan fingerprint density at radius 1 is 1.42 bits per heavy atom. The standard InChI is InChI=1S/C13H14N4O2/c1-17-12(14)9-3-2-7(6-10(9)16-17)8-4-5-11(18)15-13(8)19/h2-3,6,8H,4-5,14H2,1H3,(H,15,18,19). The van der Waals surface area contributed by atoms with Crippen molar-refractivity contribution in [2.45, 2.75) is 18.8 Å². The van der Waals surface area contributed by atoms with Crippen molar-refractivity contribution in [2.24, 2.45) is 7.05 Å². The number of benzene rings is 1. The molecule has 0 radical (unpaired) electrons. The van der Waals surface area contributed by atoms with Crippen LogP contribution in [-0.2, 0) is 16.6 Å². The predicted octanol–water partition coefficient (Wildman–Crippen LogP) is 0.676. The van der Waals surface area contributed by atoms with Crippen LogP contribution < -0.4 is 11.1 Å². The Balaban J connectivity index is 2.01. The summed E-state index contributed by atoms with van der Waals surface area (Å²) >= 11 is 0. The summed E-state index contributed by atoms with van der Waals surface area (Å²) in [5, 5.41) is 7.54. The number of imide groups is 1. The van der Waals surface area contributed by atoms with Crippen LogP contribution in [0.2, 0.25) is 0 Å². The van der Waals surface area contributed by atoms with E-state index in [4.69, 9.17) is 5.73 Å². The first kappa shape index (κ1) is 11.7. The molecular formula is C13H14N4O2. The number of carbonyl (C=O) groups is 2. The number of anilines is 1. The molecule has 2 aromatic rings. The van der Waals surface area contributed by atoms with Crippen LogP contribution in [0, 0.1) is 0 Å². The second-order valence-electron chi connectivity index (χ2n) is 4.79. The molecule has 1 fully saturated rings. The van der Waals surface area contributed by atoms with Crippen molar-refractivity contribution < 1.29 is 9.59 Å². The fraction of sp³-hybridized carbons (Fsp3) is 0.308. The zero-order valence-corrected chi connectivity index (χ0v) is 10.5. The molecule has 1 aliphatic rings. The largest absolute Gasteiger partial charge is 0.383 e. The van der Waals surface area contributed by atoms with E-state index in [1.807, 2.05) is 18.2 Å². The van der Waals surface area contributed by atoms with Gasteiger partial charge in [0.05, 0.1) is 11.4 Å². The number of hydrogen-bond donors (Lipinski definition) is 2. The summed E-state index contributed by atoms with van der Waals surface area (Å²) in [6, 6.07) is 5.61. The summed E-state index contributed by atoms with van der Waals surface area (Å²) in [6.45, 7) is 0. The lowest BCUT2D eigenvalue weighted by Gasteiger charge is -2.20. The fourth-order valence-corrected chi connectivity index (χ4v) is 2.47. The third-order valence-electron chi connectivity index (χ3n) is 3.55. The van der Waals surface area contributed by atoms with E-state index in [-0.39, 0.29) is 17.7 Å². The lowest BCUT2D eigenvalue weighted by atomic mass is 9.90. The highest BCUT2D eigenvalue weighted by atomic mass is 16.2. The Hall–Kier alpha value is -2.37. The van der Waals surface area contributed by atoms with Crippen LogP contribution in [0.3, 0.4) is 0 Å². The smallest absolute Gasteiger partial charge is 0.234 e. The minimum Gasteiger partial charge on any atom is -0.383 e. The van der Waals surface area contributed by atoms with E-state index < -0.39 is 0 Å². The highest BCUT2D eigenvalue weighted by Crippen LogP contribution is 2.28. The molecule has 0 saturated carbocycles. The van der Waals surface area contributed by atoms with Gasteiger partial charge in [-0.05, 0) is 24.1 Å². The summed E-state index contributed by atoms with van der Waals surface area (Å²) in [5.74, 6) is -0.126. The van der Waals surface area contributed by atoms with Gasteiger partial charge in [0.1, 0.15) is 5.82 Å². The number of aromatic nitrogens is 2. The number of nitrogens with one attached hydrogen (secondary N) is 1. The quantitative estimate of drug-likeness (QED) is 0.736. The zero-order chi connectivity index (χ0) is 13.6. The minimum atomic E-state index is -0.287. The lowest BCUT2D eigenvalue weighted by Crippen LogP contribution is -2.39. The second-order valence-corrected chi connectivity index (χ2v) is 4.79. The SMILES string of the molecule is Cn1nc2cc(C3CCC(=O)NC3=O)ccc2c1N. The molecular weight excluding hydrogens is 244 g/mol. The van der Waals surface area contributed by atoms with E-state index in [0.717, 1.165) is 16.5 Å².